The minimum Gasteiger partial charge on any atom is -0.445 e. The molecular weight excluding hydrogens is 280 g/mol. The quantitative estimate of drug-likeness (QED) is 0.889. The molecule has 1 fully saturated rings. The number of aryl methyl sites for hydroxylation is 1. The van der Waals surface area contributed by atoms with E-state index >= 15 is 0 Å². The number of benzene rings is 1. The zero-order chi connectivity index (χ0) is 15.4. The normalized spacial score (nSPS) is 20.0. The van der Waals surface area contributed by atoms with Crippen LogP contribution in [0.1, 0.15) is 18.4 Å². The molecule has 22 heavy (non-hydrogen) atoms. The molecule has 1 aliphatic carbocycles. The van der Waals surface area contributed by atoms with E-state index in [9.17, 15) is 4.79 Å². The molecule has 0 atom stereocenters. The van der Waals surface area contributed by atoms with Crippen molar-refractivity contribution in [1.29, 1.82) is 0 Å². The van der Waals surface area contributed by atoms with Crippen LogP contribution in [0.4, 0.5) is 10.6 Å². The number of alkyl carbamates (subject to hydrolysis) is 1. The molecule has 0 saturated heterocycles. The molecule has 1 amide bonds. The Labute approximate surface area is 129 Å². The zero-order valence-corrected chi connectivity index (χ0v) is 12.5. The lowest BCUT2D eigenvalue weighted by atomic mass is 9.87. The lowest BCUT2D eigenvalue weighted by Crippen LogP contribution is -2.49. The highest BCUT2D eigenvalue weighted by Gasteiger charge is 2.30. The van der Waals surface area contributed by atoms with E-state index in [4.69, 9.17) is 4.74 Å². The second-order valence-electron chi connectivity index (χ2n) is 5.59. The van der Waals surface area contributed by atoms with E-state index in [1.807, 2.05) is 49.6 Å². The van der Waals surface area contributed by atoms with Crippen molar-refractivity contribution in [3.05, 3.63) is 48.2 Å². The summed E-state index contributed by atoms with van der Waals surface area (Å²) in [6.07, 6.45) is 3.32. The number of rotatable bonds is 5. The Morgan fingerprint density at radius 2 is 2.05 bits per heavy atom. The smallest absolute Gasteiger partial charge is 0.407 e. The monoisotopic (exact) mass is 300 g/mol. The highest BCUT2D eigenvalue weighted by molar-refractivity contribution is 5.67. The molecule has 1 aromatic heterocycles. The summed E-state index contributed by atoms with van der Waals surface area (Å²) in [4.78, 5) is 11.7. The largest absolute Gasteiger partial charge is 0.445 e. The van der Waals surface area contributed by atoms with Crippen molar-refractivity contribution >= 4 is 11.9 Å². The Bertz CT molecular complexity index is 620. The Kier molecular flexibility index (Phi) is 4.27. The van der Waals surface area contributed by atoms with Gasteiger partial charge in [-0.3, -0.25) is 4.68 Å². The topological polar surface area (TPSA) is 68.2 Å². The summed E-state index contributed by atoms with van der Waals surface area (Å²) >= 11 is 0. The number of anilines is 1. The van der Waals surface area contributed by atoms with Crippen LogP contribution in [0.5, 0.6) is 0 Å². The van der Waals surface area contributed by atoms with Crippen LogP contribution < -0.4 is 10.6 Å². The van der Waals surface area contributed by atoms with Crippen LogP contribution in [0.3, 0.4) is 0 Å². The van der Waals surface area contributed by atoms with Crippen molar-refractivity contribution in [3.63, 3.8) is 0 Å². The van der Waals surface area contributed by atoms with Crippen molar-refractivity contribution in [2.45, 2.75) is 31.5 Å². The standard InChI is InChI=1S/C16H20N4O2/c1-20-8-7-15(19-20)17-13-9-14(10-13)18-16(21)22-11-12-5-3-2-4-6-12/h2-8,13-14H,9-11H2,1H3,(H,17,19)(H,18,21). The lowest BCUT2D eigenvalue weighted by Gasteiger charge is -2.35. The molecule has 0 aliphatic heterocycles. The van der Waals surface area contributed by atoms with Gasteiger partial charge in [-0.25, -0.2) is 4.79 Å². The van der Waals surface area contributed by atoms with Crippen molar-refractivity contribution in [3.8, 4) is 0 Å². The zero-order valence-electron chi connectivity index (χ0n) is 12.5. The number of aromatic nitrogens is 2. The van der Waals surface area contributed by atoms with E-state index in [0.29, 0.717) is 12.6 Å². The number of carbonyl (C=O) groups excluding carboxylic acids is 1. The lowest BCUT2D eigenvalue weighted by molar-refractivity contribution is 0.129. The average Bonchev–Trinajstić information content (AvgIpc) is 2.89. The molecule has 2 N–H and O–H groups in total. The molecule has 2 aromatic rings. The van der Waals surface area contributed by atoms with Gasteiger partial charge in [0.15, 0.2) is 0 Å². The van der Waals surface area contributed by atoms with Gasteiger partial charge in [-0.1, -0.05) is 30.3 Å². The number of hydrogen-bond acceptors (Lipinski definition) is 4. The van der Waals surface area contributed by atoms with Crippen LogP contribution in [-0.2, 0) is 18.4 Å². The van der Waals surface area contributed by atoms with Gasteiger partial charge in [0.25, 0.3) is 0 Å². The molecule has 3 rings (SSSR count). The summed E-state index contributed by atoms with van der Waals surface area (Å²) < 4.78 is 6.97. The molecule has 1 heterocycles. The molecule has 6 heteroatoms. The van der Waals surface area contributed by atoms with Gasteiger partial charge in [0, 0.05) is 31.4 Å². The number of ether oxygens (including phenoxy) is 1. The molecule has 116 valence electrons. The van der Waals surface area contributed by atoms with Crippen LogP contribution in [-0.4, -0.2) is 28.0 Å². The van der Waals surface area contributed by atoms with E-state index < -0.39 is 0 Å². The first kappa shape index (κ1) is 14.4. The molecule has 0 spiro atoms. The first-order valence-electron chi connectivity index (χ1n) is 7.42. The summed E-state index contributed by atoms with van der Waals surface area (Å²) in [5.74, 6) is 0.873. The highest BCUT2D eigenvalue weighted by atomic mass is 16.5. The Balaban J connectivity index is 1.34. The third-order valence-corrected chi connectivity index (χ3v) is 3.74. The third-order valence-electron chi connectivity index (χ3n) is 3.74. The van der Waals surface area contributed by atoms with Crippen molar-refractivity contribution in [1.82, 2.24) is 15.1 Å². The first-order valence-corrected chi connectivity index (χ1v) is 7.42. The minimum atomic E-state index is -0.356. The molecule has 1 aliphatic rings. The first-order chi connectivity index (χ1) is 10.7. The van der Waals surface area contributed by atoms with E-state index in [2.05, 4.69) is 15.7 Å². The fraction of sp³-hybridized carbons (Fsp3) is 0.375. The Morgan fingerprint density at radius 3 is 2.73 bits per heavy atom. The second kappa shape index (κ2) is 6.51. The van der Waals surface area contributed by atoms with Gasteiger partial charge in [0.1, 0.15) is 12.4 Å². The van der Waals surface area contributed by atoms with Gasteiger partial charge in [-0.15, -0.1) is 0 Å². The fourth-order valence-electron chi connectivity index (χ4n) is 2.49. The van der Waals surface area contributed by atoms with E-state index in [1.54, 1.807) is 4.68 Å². The predicted octanol–water partition coefficient (Wildman–Crippen LogP) is 2.29. The van der Waals surface area contributed by atoms with Crippen LogP contribution in [0, 0.1) is 0 Å². The molecular formula is C16H20N4O2. The maximum atomic E-state index is 11.7. The number of nitrogens with one attached hydrogen (secondary N) is 2. The van der Waals surface area contributed by atoms with E-state index in [-0.39, 0.29) is 12.1 Å². The van der Waals surface area contributed by atoms with Gasteiger partial charge in [-0.2, -0.15) is 5.10 Å². The summed E-state index contributed by atoms with van der Waals surface area (Å²) in [6, 6.07) is 12.1. The number of nitrogens with zero attached hydrogens (tertiary/aromatic N) is 2. The maximum Gasteiger partial charge on any atom is 0.407 e. The maximum absolute atomic E-state index is 11.7. The van der Waals surface area contributed by atoms with Crippen LogP contribution in [0.25, 0.3) is 0 Å². The summed E-state index contributed by atoms with van der Waals surface area (Å²) in [6.45, 7) is 0.301. The highest BCUT2D eigenvalue weighted by Crippen LogP contribution is 2.23. The molecule has 0 unspecified atom stereocenters. The SMILES string of the molecule is Cn1ccc(NC2CC(NC(=O)OCc3ccccc3)C2)n1. The minimum absolute atomic E-state index is 0.171. The van der Waals surface area contributed by atoms with Gasteiger partial charge in [0.2, 0.25) is 0 Å². The number of carbonyl (C=O) groups is 1. The van der Waals surface area contributed by atoms with Crippen LogP contribution >= 0.6 is 0 Å². The van der Waals surface area contributed by atoms with Crippen molar-refractivity contribution in [2.75, 3.05) is 5.32 Å². The average molecular weight is 300 g/mol. The molecule has 1 saturated carbocycles. The number of hydrogen-bond donors (Lipinski definition) is 2. The van der Waals surface area contributed by atoms with Gasteiger partial charge in [-0.05, 0) is 18.4 Å². The van der Waals surface area contributed by atoms with Crippen LogP contribution in [0.2, 0.25) is 0 Å². The van der Waals surface area contributed by atoms with Gasteiger partial charge in [0.05, 0.1) is 0 Å². The van der Waals surface area contributed by atoms with E-state index in [0.717, 1.165) is 24.2 Å². The molecule has 1 aromatic carbocycles. The van der Waals surface area contributed by atoms with Crippen LogP contribution in [0.15, 0.2) is 42.6 Å². The fourth-order valence-corrected chi connectivity index (χ4v) is 2.49. The molecule has 6 nitrogen and oxygen atoms in total. The molecule has 0 radical (unpaired) electrons. The van der Waals surface area contributed by atoms with Gasteiger partial charge < -0.3 is 15.4 Å². The third kappa shape index (κ3) is 3.78. The Morgan fingerprint density at radius 1 is 1.27 bits per heavy atom. The summed E-state index contributed by atoms with van der Waals surface area (Å²) in [5.41, 5.74) is 0.987. The number of amides is 1. The summed E-state index contributed by atoms with van der Waals surface area (Å²) in [7, 11) is 1.89. The van der Waals surface area contributed by atoms with E-state index in [1.165, 1.54) is 0 Å². The summed E-state index contributed by atoms with van der Waals surface area (Å²) in [5, 5.41) is 10.5. The molecule has 0 bridgehead atoms. The Hall–Kier alpha value is -2.50. The predicted molar refractivity (Wildman–Crippen MR) is 83.4 cm³/mol. The van der Waals surface area contributed by atoms with Crippen molar-refractivity contribution in [2.24, 2.45) is 7.05 Å². The van der Waals surface area contributed by atoms with Gasteiger partial charge >= 0.3 is 6.09 Å². The second-order valence-corrected chi connectivity index (χ2v) is 5.59. The van der Waals surface area contributed by atoms with Crippen molar-refractivity contribution < 1.29 is 9.53 Å².